The van der Waals surface area contributed by atoms with Gasteiger partial charge in [-0.15, -0.1) is 0 Å². The van der Waals surface area contributed by atoms with Crippen molar-refractivity contribution in [2.45, 2.75) is 13.8 Å². The lowest BCUT2D eigenvalue weighted by molar-refractivity contribution is -0.120. The van der Waals surface area contributed by atoms with Crippen molar-refractivity contribution in [3.63, 3.8) is 0 Å². The summed E-state index contributed by atoms with van der Waals surface area (Å²) in [6, 6.07) is 22.4. The number of carbonyl (C=O) groups excluding carboxylic acids is 2. The number of amides is 2. The lowest BCUT2D eigenvalue weighted by Crippen LogP contribution is -2.32. The van der Waals surface area contributed by atoms with Gasteiger partial charge in [0.1, 0.15) is 11.4 Å². The highest BCUT2D eigenvalue weighted by atomic mass is 16.5. The molecule has 6 heteroatoms. The molecule has 0 bridgehead atoms. The van der Waals surface area contributed by atoms with Gasteiger partial charge in [-0.25, -0.2) is 4.90 Å². The zero-order chi connectivity index (χ0) is 23.5. The maximum atomic E-state index is 13.7. The number of hydrogen-bond acceptors (Lipinski definition) is 5. The zero-order valence-electron chi connectivity index (χ0n) is 19.3. The van der Waals surface area contributed by atoms with E-state index in [4.69, 9.17) is 4.74 Å². The molecule has 0 saturated carbocycles. The number of carbonyl (C=O) groups is 2. The standard InChI is InChI=1S/C27H27N3O3/c1-5-33-23-12-7-6-11-22(23)28-25-24(19-15-13-18(2)14-16-19)26(31)30(27(25)32)21-10-8-9-20(17-21)29(3)4/h6-17,28H,5H2,1-4H3. The van der Waals surface area contributed by atoms with E-state index in [0.717, 1.165) is 11.3 Å². The fraction of sp³-hybridized carbons (Fsp3) is 0.185. The SMILES string of the molecule is CCOc1ccccc1NC1=C(c2ccc(C)cc2)C(=O)N(c2cccc(N(C)C)c2)C1=O. The maximum absolute atomic E-state index is 13.7. The molecule has 168 valence electrons. The van der Waals surface area contributed by atoms with Crippen LogP contribution >= 0.6 is 0 Å². The molecule has 0 aliphatic carbocycles. The first-order valence-electron chi connectivity index (χ1n) is 10.9. The summed E-state index contributed by atoms with van der Waals surface area (Å²) in [5.41, 5.74) is 4.37. The van der Waals surface area contributed by atoms with Crippen molar-refractivity contribution in [3.05, 3.63) is 89.6 Å². The molecule has 0 saturated heterocycles. The van der Waals surface area contributed by atoms with E-state index in [1.165, 1.54) is 4.90 Å². The van der Waals surface area contributed by atoms with E-state index in [-0.39, 0.29) is 11.6 Å². The first kappa shape index (κ1) is 22.1. The van der Waals surface area contributed by atoms with E-state index >= 15 is 0 Å². The van der Waals surface area contributed by atoms with Crippen molar-refractivity contribution in [2.24, 2.45) is 0 Å². The molecular formula is C27H27N3O3. The molecule has 3 aromatic rings. The van der Waals surface area contributed by atoms with Gasteiger partial charge in [0, 0.05) is 19.8 Å². The third-order valence-corrected chi connectivity index (χ3v) is 5.48. The maximum Gasteiger partial charge on any atom is 0.282 e. The third-order valence-electron chi connectivity index (χ3n) is 5.48. The predicted molar refractivity (Wildman–Crippen MR) is 133 cm³/mol. The number of rotatable bonds is 7. The van der Waals surface area contributed by atoms with Crippen LogP contribution in [0.3, 0.4) is 0 Å². The van der Waals surface area contributed by atoms with Crippen molar-refractivity contribution in [2.75, 3.05) is 35.8 Å². The summed E-state index contributed by atoms with van der Waals surface area (Å²) in [5, 5.41) is 3.21. The van der Waals surface area contributed by atoms with Gasteiger partial charge in [-0.2, -0.15) is 0 Å². The summed E-state index contributed by atoms with van der Waals surface area (Å²) in [6.07, 6.45) is 0. The first-order valence-corrected chi connectivity index (χ1v) is 10.9. The molecule has 33 heavy (non-hydrogen) atoms. The normalized spacial score (nSPS) is 13.5. The molecule has 1 aliphatic heterocycles. The number of imide groups is 1. The van der Waals surface area contributed by atoms with Crippen LogP contribution in [0.25, 0.3) is 5.57 Å². The molecule has 0 aromatic heterocycles. The van der Waals surface area contributed by atoms with E-state index < -0.39 is 5.91 Å². The van der Waals surface area contributed by atoms with Gasteiger partial charge in [0.2, 0.25) is 0 Å². The van der Waals surface area contributed by atoms with Crippen LogP contribution < -0.4 is 19.9 Å². The second-order valence-electron chi connectivity index (χ2n) is 8.03. The minimum atomic E-state index is -0.405. The Morgan fingerprint density at radius 2 is 1.64 bits per heavy atom. The summed E-state index contributed by atoms with van der Waals surface area (Å²) in [6.45, 7) is 4.37. The molecule has 4 rings (SSSR count). The monoisotopic (exact) mass is 441 g/mol. The van der Waals surface area contributed by atoms with Crippen molar-refractivity contribution < 1.29 is 14.3 Å². The fourth-order valence-corrected chi connectivity index (χ4v) is 3.76. The second-order valence-corrected chi connectivity index (χ2v) is 8.03. The van der Waals surface area contributed by atoms with Crippen LogP contribution in [0.4, 0.5) is 17.1 Å². The number of hydrogen-bond donors (Lipinski definition) is 1. The number of nitrogens with zero attached hydrogens (tertiary/aromatic N) is 2. The number of para-hydroxylation sites is 2. The highest BCUT2D eigenvalue weighted by Gasteiger charge is 2.40. The first-order chi connectivity index (χ1) is 15.9. The highest BCUT2D eigenvalue weighted by molar-refractivity contribution is 6.46. The Balaban J connectivity index is 1.82. The topological polar surface area (TPSA) is 61.9 Å². The number of aryl methyl sites for hydroxylation is 1. The molecule has 0 spiro atoms. The minimum Gasteiger partial charge on any atom is -0.492 e. The Hall–Kier alpha value is -4.06. The third kappa shape index (κ3) is 4.32. The minimum absolute atomic E-state index is 0.228. The highest BCUT2D eigenvalue weighted by Crippen LogP contribution is 2.36. The van der Waals surface area contributed by atoms with E-state index in [1.54, 1.807) is 6.07 Å². The lowest BCUT2D eigenvalue weighted by atomic mass is 10.0. The molecule has 0 fully saturated rings. The van der Waals surface area contributed by atoms with Crippen molar-refractivity contribution in [3.8, 4) is 5.75 Å². The summed E-state index contributed by atoms with van der Waals surface area (Å²) >= 11 is 0. The van der Waals surface area contributed by atoms with Gasteiger partial charge in [0.05, 0.1) is 23.6 Å². The lowest BCUT2D eigenvalue weighted by Gasteiger charge is -2.19. The Labute approximate surface area is 194 Å². The van der Waals surface area contributed by atoms with Gasteiger partial charge in [-0.05, 0) is 49.7 Å². The number of anilines is 3. The molecule has 3 aromatic carbocycles. The molecular weight excluding hydrogens is 414 g/mol. The van der Waals surface area contributed by atoms with Crippen molar-refractivity contribution >= 4 is 34.4 Å². The fourth-order valence-electron chi connectivity index (χ4n) is 3.76. The largest absolute Gasteiger partial charge is 0.492 e. The molecule has 1 N–H and O–H groups in total. The number of nitrogens with one attached hydrogen (secondary N) is 1. The predicted octanol–water partition coefficient (Wildman–Crippen LogP) is 4.86. The smallest absolute Gasteiger partial charge is 0.282 e. The van der Waals surface area contributed by atoms with E-state index in [2.05, 4.69) is 5.32 Å². The Bertz CT molecular complexity index is 1230. The Morgan fingerprint density at radius 1 is 0.909 bits per heavy atom. The van der Waals surface area contributed by atoms with Crippen LogP contribution in [0.5, 0.6) is 5.75 Å². The van der Waals surface area contributed by atoms with E-state index in [1.807, 2.05) is 99.6 Å². The molecule has 1 heterocycles. The Morgan fingerprint density at radius 3 is 2.33 bits per heavy atom. The average molecular weight is 442 g/mol. The Kier molecular flexibility index (Phi) is 6.18. The van der Waals surface area contributed by atoms with Gasteiger partial charge in [-0.1, -0.05) is 48.0 Å². The van der Waals surface area contributed by atoms with Crippen molar-refractivity contribution in [1.82, 2.24) is 0 Å². The summed E-state index contributed by atoms with van der Waals surface area (Å²) < 4.78 is 5.72. The van der Waals surface area contributed by atoms with Crippen LogP contribution in [0, 0.1) is 6.92 Å². The van der Waals surface area contributed by atoms with Crippen molar-refractivity contribution in [1.29, 1.82) is 0 Å². The zero-order valence-corrected chi connectivity index (χ0v) is 19.3. The molecule has 1 aliphatic rings. The molecule has 2 amide bonds. The van der Waals surface area contributed by atoms with E-state index in [0.29, 0.717) is 34.9 Å². The van der Waals surface area contributed by atoms with Crippen LogP contribution in [0.15, 0.2) is 78.5 Å². The molecule has 0 unspecified atom stereocenters. The second kappa shape index (κ2) is 9.20. The van der Waals surface area contributed by atoms with Gasteiger partial charge < -0.3 is 15.0 Å². The summed E-state index contributed by atoms with van der Waals surface area (Å²) in [4.78, 5) is 30.5. The quantitative estimate of drug-likeness (QED) is 0.531. The van der Waals surface area contributed by atoms with Crippen LogP contribution in [-0.4, -0.2) is 32.5 Å². The van der Waals surface area contributed by atoms with E-state index in [9.17, 15) is 9.59 Å². The molecule has 6 nitrogen and oxygen atoms in total. The van der Waals surface area contributed by atoms with Gasteiger partial charge in [0.25, 0.3) is 11.8 Å². The summed E-state index contributed by atoms with van der Waals surface area (Å²) in [5.74, 6) is -0.155. The van der Waals surface area contributed by atoms with Gasteiger partial charge in [0.15, 0.2) is 0 Å². The van der Waals surface area contributed by atoms with Gasteiger partial charge in [-0.3, -0.25) is 9.59 Å². The number of ether oxygens (including phenoxy) is 1. The molecule has 0 atom stereocenters. The molecule has 0 radical (unpaired) electrons. The summed E-state index contributed by atoms with van der Waals surface area (Å²) in [7, 11) is 3.83. The van der Waals surface area contributed by atoms with Crippen LogP contribution in [0.2, 0.25) is 0 Å². The van der Waals surface area contributed by atoms with Gasteiger partial charge >= 0.3 is 0 Å². The average Bonchev–Trinajstić information content (AvgIpc) is 3.05. The van der Waals surface area contributed by atoms with Crippen LogP contribution in [-0.2, 0) is 9.59 Å². The number of benzene rings is 3. The van der Waals surface area contributed by atoms with Crippen LogP contribution in [0.1, 0.15) is 18.1 Å².